The Labute approximate surface area is 140 Å². The van der Waals surface area contributed by atoms with Crippen LogP contribution in [0.25, 0.3) is 10.8 Å². The number of rotatable bonds is 12. The largest absolute Gasteiger partial charge is 0.494 e. The summed E-state index contributed by atoms with van der Waals surface area (Å²) in [4.78, 5) is 0. The second kappa shape index (κ2) is 11.1. The first-order valence-corrected chi connectivity index (χ1v) is 9.12. The van der Waals surface area contributed by atoms with E-state index < -0.39 is 0 Å². The maximum absolute atomic E-state index is 8.71. The Morgan fingerprint density at radius 3 is 1.96 bits per heavy atom. The highest BCUT2D eigenvalue weighted by molar-refractivity contribution is 5.83. The van der Waals surface area contributed by atoms with Crippen LogP contribution in [0.4, 0.5) is 0 Å². The number of hydrogen-bond donors (Lipinski definition) is 1. The molecule has 2 aromatic carbocycles. The lowest BCUT2D eigenvalue weighted by atomic mass is 10.1. The summed E-state index contributed by atoms with van der Waals surface area (Å²) >= 11 is 0. The SMILES string of the molecule is OCCCCCCCCCCCOc1ccc2ccccc2c1. The number of unbranched alkanes of at least 4 members (excludes halogenated alkanes) is 8. The van der Waals surface area contributed by atoms with E-state index in [0.29, 0.717) is 6.61 Å². The van der Waals surface area contributed by atoms with Crippen LogP contribution in [-0.4, -0.2) is 18.3 Å². The number of aliphatic hydroxyl groups is 1. The summed E-state index contributed by atoms with van der Waals surface area (Å²) in [5, 5.41) is 11.2. The Morgan fingerprint density at radius 1 is 0.652 bits per heavy atom. The zero-order valence-corrected chi connectivity index (χ0v) is 14.2. The zero-order valence-electron chi connectivity index (χ0n) is 14.2. The molecule has 0 amide bonds. The van der Waals surface area contributed by atoms with Crippen molar-refractivity contribution in [3.8, 4) is 5.75 Å². The number of hydrogen-bond acceptors (Lipinski definition) is 2. The highest BCUT2D eigenvalue weighted by atomic mass is 16.5. The minimum atomic E-state index is 0.344. The van der Waals surface area contributed by atoms with Crippen molar-refractivity contribution in [3.05, 3.63) is 42.5 Å². The molecule has 0 fully saturated rings. The van der Waals surface area contributed by atoms with Crippen LogP contribution in [0.3, 0.4) is 0 Å². The Hall–Kier alpha value is -1.54. The van der Waals surface area contributed by atoms with Crippen molar-refractivity contribution in [1.82, 2.24) is 0 Å². The molecule has 0 aliphatic rings. The van der Waals surface area contributed by atoms with Crippen molar-refractivity contribution in [1.29, 1.82) is 0 Å². The smallest absolute Gasteiger partial charge is 0.119 e. The van der Waals surface area contributed by atoms with E-state index in [0.717, 1.165) is 25.2 Å². The van der Waals surface area contributed by atoms with E-state index in [4.69, 9.17) is 9.84 Å². The van der Waals surface area contributed by atoms with Crippen LogP contribution in [-0.2, 0) is 0 Å². The molecule has 0 spiro atoms. The minimum absolute atomic E-state index is 0.344. The van der Waals surface area contributed by atoms with E-state index in [-0.39, 0.29) is 0 Å². The van der Waals surface area contributed by atoms with Crippen molar-refractivity contribution in [2.75, 3.05) is 13.2 Å². The van der Waals surface area contributed by atoms with Gasteiger partial charge >= 0.3 is 0 Å². The van der Waals surface area contributed by atoms with E-state index >= 15 is 0 Å². The third-order valence-electron chi connectivity index (χ3n) is 4.29. The monoisotopic (exact) mass is 314 g/mol. The molecule has 2 rings (SSSR count). The van der Waals surface area contributed by atoms with Gasteiger partial charge in [0.05, 0.1) is 6.61 Å². The molecule has 0 bridgehead atoms. The van der Waals surface area contributed by atoms with Crippen LogP contribution in [0.2, 0.25) is 0 Å². The van der Waals surface area contributed by atoms with E-state index in [1.807, 2.05) is 0 Å². The molecule has 0 unspecified atom stereocenters. The first kappa shape index (κ1) is 17.8. The maximum atomic E-state index is 8.71. The van der Waals surface area contributed by atoms with Gasteiger partial charge in [0.25, 0.3) is 0 Å². The summed E-state index contributed by atoms with van der Waals surface area (Å²) in [5.74, 6) is 0.979. The second-order valence-electron chi connectivity index (χ2n) is 6.26. The predicted octanol–water partition coefficient (Wildman–Crippen LogP) is 5.72. The molecule has 0 saturated carbocycles. The first-order valence-electron chi connectivity index (χ1n) is 9.12. The molecule has 0 radical (unpaired) electrons. The standard InChI is InChI=1S/C21H30O2/c22-16-10-6-4-2-1-3-5-7-11-17-23-21-15-14-19-12-8-9-13-20(19)18-21/h8-9,12-15,18,22H,1-7,10-11,16-17H2. The highest BCUT2D eigenvalue weighted by Crippen LogP contribution is 2.20. The van der Waals surface area contributed by atoms with Gasteiger partial charge < -0.3 is 9.84 Å². The van der Waals surface area contributed by atoms with Gasteiger partial charge in [-0.2, -0.15) is 0 Å². The molecule has 0 saturated heterocycles. The van der Waals surface area contributed by atoms with Gasteiger partial charge in [0.15, 0.2) is 0 Å². The lowest BCUT2D eigenvalue weighted by Crippen LogP contribution is -1.97. The van der Waals surface area contributed by atoms with E-state index in [9.17, 15) is 0 Å². The molecule has 23 heavy (non-hydrogen) atoms. The summed E-state index contributed by atoms with van der Waals surface area (Å²) in [5.41, 5.74) is 0. The quantitative estimate of drug-likeness (QED) is 0.508. The van der Waals surface area contributed by atoms with Crippen LogP contribution < -0.4 is 4.74 Å². The van der Waals surface area contributed by atoms with E-state index in [2.05, 4.69) is 42.5 Å². The molecule has 0 aromatic heterocycles. The van der Waals surface area contributed by atoms with Crippen molar-refractivity contribution >= 4 is 10.8 Å². The number of benzene rings is 2. The Morgan fingerprint density at radius 2 is 1.26 bits per heavy atom. The summed E-state index contributed by atoms with van der Waals surface area (Å²) in [6.45, 7) is 1.16. The van der Waals surface area contributed by atoms with Crippen LogP contribution >= 0.6 is 0 Å². The molecule has 0 atom stereocenters. The number of aliphatic hydroxyl groups excluding tert-OH is 1. The molecular weight excluding hydrogens is 284 g/mol. The fourth-order valence-corrected chi connectivity index (χ4v) is 2.90. The van der Waals surface area contributed by atoms with Gasteiger partial charge in [-0.25, -0.2) is 0 Å². The predicted molar refractivity (Wildman–Crippen MR) is 98.1 cm³/mol. The average molecular weight is 314 g/mol. The Bertz CT molecular complexity index is 550. The highest BCUT2D eigenvalue weighted by Gasteiger charge is 1.97. The van der Waals surface area contributed by atoms with Crippen molar-refractivity contribution in [3.63, 3.8) is 0 Å². The lowest BCUT2D eigenvalue weighted by Gasteiger charge is -2.07. The molecule has 0 heterocycles. The second-order valence-corrected chi connectivity index (χ2v) is 6.26. The van der Waals surface area contributed by atoms with Crippen molar-refractivity contribution in [2.24, 2.45) is 0 Å². The third-order valence-corrected chi connectivity index (χ3v) is 4.29. The van der Waals surface area contributed by atoms with Crippen LogP contribution in [0, 0.1) is 0 Å². The lowest BCUT2D eigenvalue weighted by molar-refractivity contribution is 0.282. The minimum Gasteiger partial charge on any atom is -0.494 e. The third kappa shape index (κ3) is 7.04. The molecule has 2 aromatic rings. The van der Waals surface area contributed by atoms with Gasteiger partial charge in [-0.05, 0) is 35.7 Å². The zero-order chi connectivity index (χ0) is 16.2. The molecular formula is C21H30O2. The van der Waals surface area contributed by atoms with E-state index in [1.54, 1.807) is 0 Å². The van der Waals surface area contributed by atoms with Crippen LogP contribution in [0.5, 0.6) is 5.75 Å². The first-order chi connectivity index (χ1) is 11.4. The van der Waals surface area contributed by atoms with Crippen molar-refractivity contribution < 1.29 is 9.84 Å². The van der Waals surface area contributed by atoms with Crippen LogP contribution in [0.1, 0.15) is 57.8 Å². The Kier molecular flexibility index (Phi) is 8.57. The normalized spacial score (nSPS) is 11.0. The average Bonchev–Trinajstić information content (AvgIpc) is 2.59. The Balaban J connectivity index is 1.50. The van der Waals surface area contributed by atoms with Gasteiger partial charge in [0.2, 0.25) is 0 Å². The molecule has 0 aliphatic heterocycles. The topological polar surface area (TPSA) is 29.5 Å². The molecule has 2 nitrogen and oxygen atoms in total. The number of fused-ring (bicyclic) bond motifs is 1. The maximum Gasteiger partial charge on any atom is 0.119 e. The molecule has 1 N–H and O–H groups in total. The van der Waals surface area contributed by atoms with Gasteiger partial charge in [-0.1, -0.05) is 75.3 Å². The summed E-state index contributed by atoms with van der Waals surface area (Å²) in [6, 6.07) is 14.7. The van der Waals surface area contributed by atoms with Gasteiger partial charge in [-0.3, -0.25) is 0 Å². The van der Waals surface area contributed by atoms with Crippen LogP contribution in [0.15, 0.2) is 42.5 Å². The van der Waals surface area contributed by atoms with Gasteiger partial charge in [0.1, 0.15) is 5.75 Å². The summed E-state index contributed by atoms with van der Waals surface area (Å²) in [7, 11) is 0. The van der Waals surface area contributed by atoms with Crippen molar-refractivity contribution in [2.45, 2.75) is 57.8 Å². The number of ether oxygens (including phenoxy) is 1. The summed E-state index contributed by atoms with van der Waals surface area (Å²) < 4.78 is 5.86. The molecule has 2 heteroatoms. The van der Waals surface area contributed by atoms with E-state index in [1.165, 1.54) is 55.7 Å². The van der Waals surface area contributed by atoms with Gasteiger partial charge in [0, 0.05) is 6.61 Å². The summed E-state index contributed by atoms with van der Waals surface area (Å²) in [6.07, 6.45) is 11.1. The fraction of sp³-hybridized carbons (Fsp3) is 0.524. The molecule has 0 aliphatic carbocycles. The fourth-order valence-electron chi connectivity index (χ4n) is 2.90. The van der Waals surface area contributed by atoms with Gasteiger partial charge in [-0.15, -0.1) is 0 Å². The molecule has 126 valence electrons.